The van der Waals surface area contributed by atoms with E-state index in [2.05, 4.69) is 34.7 Å². The molecule has 1 N–H and O–H groups in total. The Hall–Kier alpha value is 0.360. The highest BCUT2D eigenvalue weighted by atomic mass is 79.9. The molecule has 3 unspecified atom stereocenters. The summed E-state index contributed by atoms with van der Waals surface area (Å²) < 4.78 is 5.59. The average molecular weight is 266 g/mol. The van der Waals surface area contributed by atoms with Gasteiger partial charge in [0, 0.05) is 24.5 Å². The van der Waals surface area contributed by atoms with Crippen LogP contribution in [-0.2, 0) is 4.74 Å². The van der Waals surface area contributed by atoms with E-state index < -0.39 is 0 Å². The molecule has 0 aromatic rings. The lowest BCUT2D eigenvalue weighted by Crippen LogP contribution is -2.51. The van der Waals surface area contributed by atoms with E-state index in [0.29, 0.717) is 17.5 Å². The second kappa shape index (κ2) is 6.05. The monoisotopic (exact) mass is 265 g/mol. The van der Waals surface area contributed by atoms with Crippen molar-refractivity contribution in [3.63, 3.8) is 0 Å². The standard InChI is InChI=1S/C10H20BrNO2/c1-3-9-7-14-8(2)5-12(9)6-10(13)4-11/h8-10,13H,3-7H2,1-2H3. The number of alkyl halides is 1. The lowest BCUT2D eigenvalue weighted by molar-refractivity contribution is -0.0657. The Morgan fingerprint density at radius 2 is 2.36 bits per heavy atom. The summed E-state index contributed by atoms with van der Waals surface area (Å²) in [6.07, 6.45) is 1.11. The number of rotatable bonds is 4. The van der Waals surface area contributed by atoms with Crippen LogP contribution in [0.2, 0.25) is 0 Å². The first-order valence-corrected chi connectivity index (χ1v) is 6.39. The minimum atomic E-state index is -0.269. The Morgan fingerprint density at radius 3 is 2.93 bits per heavy atom. The number of halogens is 1. The molecule has 1 saturated heterocycles. The third-order valence-corrected chi connectivity index (χ3v) is 3.42. The van der Waals surface area contributed by atoms with Crippen molar-refractivity contribution in [2.45, 2.75) is 38.5 Å². The van der Waals surface area contributed by atoms with Crippen LogP contribution in [0.3, 0.4) is 0 Å². The number of aliphatic hydroxyl groups excluding tert-OH is 1. The Balaban J connectivity index is 2.44. The highest BCUT2D eigenvalue weighted by Crippen LogP contribution is 2.14. The highest BCUT2D eigenvalue weighted by molar-refractivity contribution is 9.09. The summed E-state index contributed by atoms with van der Waals surface area (Å²) in [5, 5.41) is 10.2. The number of hydrogen-bond acceptors (Lipinski definition) is 3. The van der Waals surface area contributed by atoms with Gasteiger partial charge < -0.3 is 9.84 Å². The van der Waals surface area contributed by atoms with Crippen LogP contribution in [0.15, 0.2) is 0 Å². The summed E-state index contributed by atoms with van der Waals surface area (Å²) in [4.78, 5) is 2.33. The van der Waals surface area contributed by atoms with Gasteiger partial charge in [0.1, 0.15) is 0 Å². The van der Waals surface area contributed by atoms with Crippen LogP contribution < -0.4 is 0 Å². The maximum Gasteiger partial charge on any atom is 0.0763 e. The number of morpholine rings is 1. The normalized spacial score (nSPS) is 31.7. The Labute approximate surface area is 94.6 Å². The van der Waals surface area contributed by atoms with Crippen molar-refractivity contribution >= 4 is 15.9 Å². The van der Waals surface area contributed by atoms with Crippen molar-refractivity contribution < 1.29 is 9.84 Å². The van der Waals surface area contributed by atoms with Crippen LogP contribution in [-0.4, -0.2) is 53.3 Å². The molecule has 0 aromatic carbocycles. The van der Waals surface area contributed by atoms with Crippen LogP contribution in [0.25, 0.3) is 0 Å². The van der Waals surface area contributed by atoms with Gasteiger partial charge in [-0.05, 0) is 13.3 Å². The second-order valence-corrected chi connectivity index (χ2v) is 4.62. The molecule has 14 heavy (non-hydrogen) atoms. The number of nitrogens with zero attached hydrogens (tertiary/aromatic N) is 1. The average Bonchev–Trinajstić information content (AvgIpc) is 2.18. The molecule has 1 fully saturated rings. The molecule has 0 saturated carbocycles. The van der Waals surface area contributed by atoms with Gasteiger partial charge in [-0.3, -0.25) is 4.90 Å². The molecular formula is C10H20BrNO2. The van der Waals surface area contributed by atoms with Gasteiger partial charge in [-0.15, -0.1) is 0 Å². The molecule has 0 aliphatic carbocycles. The van der Waals surface area contributed by atoms with Crippen LogP contribution >= 0.6 is 15.9 Å². The molecule has 0 radical (unpaired) electrons. The van der Waals surface area contributed by atoms with E-state index in [9.17, 15) is 5.11 Å². The van der Waals surface area contributed by atoms with Crippen LogP contribution in [0.4, 0.5) is 0 Å². The lowest BCUT2D eigenvalue weighted by Gasteiger charge is -2.39. The van der Waals surface area contributed by atoms with Gasteiger partial charge in [-0.25, -0.2) is 0 Å². The topological polar surface area (TPSA) is 32.7 Å². The quantitative estimate of drug-likeness (QED) is 0.777. The van der Waals surface area contributed by atoms with E-state index in [0.717, 1.165) is 26.1 Å². The summed E-state index contributed by atoms with van der Waals surface area (Å²) in [5.41, 5.74) is 0. The van der Waals surface area contributed by atoms with E-state index in [1.165, 1.54) is 0 Å². The van der Waals surface area contributed by atoms with Crippen molar-refractivity contribution in [2.24, 2.45) is 0 Å². The molecule has 84 valence electrons. The zero-order chi connectivity index (χ0) is 10.6. The summed E-state index contributed by atoms with van der Waals surface area (Å²) in [6.45, 7) is 6.73. The van der Waals surface area contributed by atoms with E-state index >= 15 is 0 Å². The zero-order valence-electron chi connectivity index (χ0n) is 8.95. The Morgan fingerprint density at radius 1 is 1.64 bits per heavy atom. The van der Waals surface area contributed by atoms with Gasteiger partial charge in [0.25, 0.3) is 0 Å². The minimum absolute atomic E-state index is 0.269. The van der Waals surface area contributed by atoms with Crippen molar-refractivity contribution in [1.82, 2.24) is 4.90 Å². The van der Waals surface area contributed by atoms with Crippen LogP contribution in [0.1, 0.15) is 20.3 Å². The fourth-order valence-corrected chi connectivity index (χ4v) is 2.04. The molecule has 3 atom stereocenters. The van der Waals surface area contributed by atoms with Gasteiger partial charge >= 0.3 is 0 Å². The first kappa shape index (κ1) is 12.4. The van der Waals surface area contributed by atoms with E-state index in [1.807, 2.05) is 0 Å². The molecule has 0 amide bonds. The first-order valence-electron chi connectivity index (χ1n) is 5.27. The summed E-state index contributed by atoms with van der Waals surface area (Å²) >= 11 is 3.29. The van der Waals surface area contributed by atoms with Gasteiger partial charge in [-0.2, -0.15) is 0 Å². The SMILES string of the molecule is CCC1COC(C)CN1CC(O)CBr. The molecule has 1 heterocycles. The predicted octanol–water partition coefficient (Wildman–Crippen LogP) is 1.24. The van der Waals surface area contributed by atoms with E-state index in [1.54, 1.807) is 0 Å². The van der Waals surface area contributed by atoms with Crippen molar-refractivity contribution in [1.29, 1.82) is 0 Å². The number of β-amino-alcohol motifs (C(OH)–C–C–N with tert-alkyl or cyclic N) is 1. The van der Waals surface area contributed by atoms with E-state index in [-0.39, 0.29) is 6.10 Å². The maximum atomic E-state index is 9.58. The Bertz CT molecular complexity index is 168. The van der Waals surface area contributed by atoms with Gasteiger partial charge in [0.15, 0.2) is 0 Å². The van der Waals surface area contributed by atoms with Crippen molar-refractivity contribution in [3.05, 3.63) is 0 Å². The Kier molecular flexibility index (Phi) is 5.38. The number of ether oxygens (including phenoxy) is 1. The molecule has 0 aromatic heterocycles. The molecular weight excluding hydrogens is 246 g/mol. The molecule has 3 nitrogen and oxygen atoms in total. The molecule has 1 rings (SSSR count). The van der Waals surface area contributed by atoms with Gasteiger partial charge in [-0.1, -0.05) is 22.9 Å². The van der Waals surface area contributed by atoms with Crippen molar-refractivity contribution in [2.75, 3.05) is 25.0 Å². The molecule has 0 spiro atoms. The zero-order valence-corrected chi connectivity index (χ0v) is 10.5. The minimum Gasteiger partial charge on any atom is -0.391 e. The number of hydrogen-bond donors (Lipinski definition) is 1. The fraction of sp³-hybridized carbons (Fsp3) is 1.00. The molecule has 1 aliphatic heterocycles. The number of aliphatic hydroxyl groups is 1. The highest BCUT2D eigenvalue weighted by Gasteiger charge is 2.26. The van der Waals surface area contributed by atoms with Crippen LogP contribution in [0, 0.1) is 0 Å². The predicted molar refractivity (Wildman–Crippen MR) is 60.9 cm³/mol. The molecule has 0 bridgehead atoms. The first-order chi connectivity index (χ1) is 6.67. The summed E-state index contributed by atoms with van der Waals surface area (Å²) in [7, 11) is 0. The van der Waals surface area contributed by atoms with Gasteiger partial charge in [0.05, 0.1) is 18.8 Å². The largest absolute Gasteiger partial charge is 0.391 e. The lowest BCUT2D eigenvalue weighted by atomic mass is 10.1. The summed E-state index contributed by atoms with van der Waals surface area (Å²) in [6, 6.07) is 0.472. The van der Waals surface area contributed by atoms with Crippen molar-refractivity contribution in [3.8, 4) is 0 Å². The molecule has 4 heteroatoms. The third kappa shape index (κ3) is 3.50. The van der Waals surface area contributed by atoms with Gasteiger partial charge in [0.2, 0.25) is 0 Å². The maximum absolute atomic E-state index is 9.58. The van der Waals surface area contributed by atoms with Crippen LogP contribution in [0.5, 0.6) is 0 Å². The molecule has 1 aliphatic rings. The smallest absolute Gasteiger partial charge is 0.0763 e. The van der Waals surface area contributed by atoms with E-state index in [4.69, 9.17) is 4.74 Å². The summed E-state index contributed by atoms with van der Waals surface area (Å²) in [5.74, 6) is 0. The second-order valence-electron chi connectivity index (χ2n) is 3.97. The fourth-order valence-electron chi connectivity index (χ4n) is 1.83. The third-order valence-electron chi connectivity index (χ3n) is 2.68.